The lowest BCUT2D eigenvalue weighted by molar-refractivity contribution is -0.198. The third-order valence-corrected chi connectivity index (χ3v) is 10.0. The van der Waals surface area contributed by atoms with Crippen LogP contribution in [0.5, 0.6) is 5.75 Å². The van der Waals surface area contributed by atoms with E-state index in [1.807, 2.05) is 0 Å². The van der Waals surface area contributed by atoms with Crippen molar-refractivity contribution < 1.29 is 53.2 Å². The number of aromatic hydroxyl groups is 1. The van der Waals surface area contributed by atoms with Crippen LogP contribution in [0.3, 0.4) is 0 Å². The maximum Gasteiger partial charge on any atom is 0.315 e. The largest absolute Gasteiger partial charge is 0.507 e. The number of Topliss-reactive ketones (excluding diaryl/α,β-unsaturated/α-hetero) is 4. The molecule has 0 bridgehead atoms. The molecule has 14 nitrogen and oxygen atoms in total. The van der Waals surface area contributed by atoms with Gasteiger partial charge in [-0.05, 0) is 30.4 Å². The molecule has 5 aliphatic rings. The van der Waals surface area contributed by atoms with E-state index in [9.17, 15) is 43.8 Å². The van der Waals surface area contributed by atoms with Crippen LogP contribution in [0.4, 0.5) is 4.79 Å². The first-order valence-corrected chi connectivity index (χ1v) is 14.7. The summed E-state index contributed by atoms with van der Waals surface area (Å²) in [5.41, 5.74) is 2.54. The molecule has 2 saturated carbocycles. The first-order chi connectivity index (χ1) is 20.9. The van der Waals surface area contributed by atoms with Crippen molar-refractivity contribution in [3.63, 3.8) is 0 Å². The lowest BCUT2D eigenvalue weighted by atomic mass is 9.50. The summed E-state index contributed by atoms with van der Waals surface area (Å²) in [6, 6.07) is 3.86. The minimum Gasteiger partial charge on any atom is -0.507 e. The van der Waals surface area contributed by atoms with Crippen LogP contribution < -0.4 is 16.4 Å². The molecule has 3 aliphatic carbocycles. The quantitative estimate of drug-likeness (QED) is 0.149. The number of esters is 1. The standard InChI is InChI=1S/C30H33N3O11/c1-11-12-5-4-6-15(34)20(12)24(37)22-19(11)25(13-9-16(35)21(28(31)40)26(38)30(13,42)27(22)39)44-18(36)8-3-2-7-17-23-14(10-43-17)32-29(41)33-23/h4-6,11,13-14,17,19,21-23,25,34,42H,2-3,7-10H2,1H3,(H2,31,40)(H2,32,33,41)/t11-,13+,14?,17?,19+,21?,22?,23?,25+,30+/m0/s1. The van der Waals surface area contributed by atoms with E-state index in [1.54, 1.807) is 13.0 Å². The molecule has 14 heteroatoms. The Bertz CT molecular complexity index is 1490. The van der Waals surface area contributed by atoms with Crippen molar-refractivity contribution in [2.45, 2.75) is 74.8 Å². The van der Waals surface area contributed by atoms with Gasteiger partial charge in [0.2, 0.25) is 5.91 Å². The van der Waals surface area contributed by atoms with Gasteiger partial charge < -0.3 is 36.1 Å². The van der Waals surface area contributed by atoms with Crippen LogP contribution in [0.15, 0.2) is 18.2 Å². The van der Waals surface area contributed by atoms with Crippen LogP contribution >= 0.6 is 0 Å². The number of carbonyl (C=O) groups is 7. The number of ketones is 4. The van der Waals surface area contributed by atoms with Crippen molar-refractivity contribution in [2.24, 2.45) is 29.4 Å². The summed E-state index contributed by atoms with van der Waals surface area (Å²) >= 11 is 0. The predicted molar refractivity (Wildman–Crippen MR) is 146 cm³/mol. The maximum absolute atomic E-state index is 13.9. The van der Waals surface area contributed by atoms with Crippen LogP contribution in [-0.2, 0) is 33.4 Å². The van der Waals surface area contributed by atoms with E-state index in [0.717, 1.165) is 0 Å². The Balaban J connectivity index is 1.26. The summed E-state index contributed by atoms with van der Waals surface area (Å²) in [6.07, 6.45) is -0.936. The van der Waals surface area contributed by atoms with Gasteiger partial charge in [0.15, 0.2) is 34.7 Å². The topological polar surface area (TPSA) is 228 Å². The number of ether oxygens (including phenoxy) is 2. The first-order valence-electron chi connectivity index (χ1n) is 14.7. The van der Waals surface area contributed by atoms with Gasteiger partial charge in [0.25, 0.3) is 0 Å². The number of aliphatic hydroxyl groups is 1. The summed E-state index contributed by atoms with van der Waals surface area (Å²) in [4.78, 5) is 90.9. The predicted octanol–water partition coefficient (Wildman–Crippen LogP) is -0.581. The van der Waals surface area contributed by atoms with E-state index in [0.29, 0.717) is 31.4 Å². The normalized spacial score (nSPS) is 37.3. The molecule has 5 unspecified atom stereocenters. The summed E-state index contributed by atoms with van der Waals surface area (Å²) in [5, 5.41) is 27.8. The molecule has 10 atom stereocenters. The molecule has 2 saturated heterocycles. The Morgan fingerprint density at radius 1 is 1.11 bits per heavy atom. The Morgan fingerprint density at radius 3 is 2.59 bits per heavy atom. The van der Waals surface area contributed by atoms with Crippen LogP contribution in [0.1, 0.15) is 60.9 Å². The van der Waals surface area contributed by atoms with Gasteiger partial charge in [-0.1, -0.05) is 25.5 Å². The van der Waals surface area contributed by atoms with Gasteiger partial charge >= 0.3 is 12.0 Å². The zero-order valence-electron chi connectivity index (χ0n) is 23.8. The molecule has 2 aliphatic heterocycles. The number of hydrogen-bond donors (Lipinski definition) is 5. The smallest absolute Gasteiger partial charge is 0.315 e. The van der Waals surface area contributed by atoms with Crippen molar-refractivity contribution in [1.29, 1.82) is 0 Å². The lowest BCUT2D eigenvalue weighted by Crippen LogP contribution is -2.73. The van der Waals surface area contributed by atoms with Crippen LogP contribution in [0, 0.1) is 23.7 Å². The van der Waals surface area contributed by atoms with Gasteiger partial charge in [0.1, 0.15) is 11.9 Å². The Hall–Kier alpha value is -4.17. The molecule has 234 valence electrons. The molecule has 2 heterocycles. The number of urea groups is 1. The number of unbranched alkanes of at least 4 members (excludes halogenated alkanes) is 1. The summed E-state index contributed by atoms with van der Waals surface area (Å²) in [7, 11) is 0. The number of amides is 3. The van der Waals surface area contributed by atoms with E-state index < -0.39 is 82.7 Å². The van der Waals surface area contributed by atoms with E-state index in [2.05, 4.69) is 10.6 Å². The van der Waals surface area contributed by atoms with E-state index in [4.69, 9.17) is 15.2 Å². The van der Waals surface area contributed by atoms with Gasteiger partial charge in [-0.25, -0.2) is 4.79 Å². The second kappa shape index (κ2) is 10.8. The minimum atomic E-state index is -2.99. The Morgan fingerprint density at radius 2 is 1.86 bits per heavy atom. The van der Waals surface area contributed by atoms with Crippen molar-refractivity contribution in [3.8, 4) is 5.75 Å². The number of benzene rings is 1. The van der Waals surface area contributed by atoms with Gasteiger partial charge in [-0.3, -0.25) is 28.8 Å². The number of nitrogens with one attached hydrogen (secondary N) is 2. The van der Waals surface area contributed by atoms with E-state index in [-0.39, 0.29) is 42.0 Å². The van der Waals surface area contributed by atoms with Gasteiger partial charge in [0.05, 0.1) is 36.3 Å². The maximum atomic E-state index is 13.9. The number of phenolic OH excluding ortho intramolecular Hbond substituents is 1. The third-order valence-electron chi connectivity index (χ3n) is 10.0. The number of rotatable bonds is 7. The average Bonchev–Trinajstić information content (AvgIpc) is 3.51. The molecule has 0 spiro atoms. The fraction of sp³-hybridized carbons (Fsp3) is 0.567. The molecule has 44 heavy (non-hydrogen) atoms. The summed E-state index contributed by atoms with van der Waals surface area (Å²) in [6.45, 7) is 2.06. The fourth-order valence-electron chi connectivity index (χ4n) is 7.91. The molecular weight excluding hydrogens is 578 g/mol. The van der Waals surface area contributed by atoms with Crippen LogP contribution in [-0.4, -0.2) is 87.8 Å². The molecule has 0 radical (unpaired) electrons. The van der Waals surface area contributed by atoms with Gasteiger partial charge in [-0.2, -0.15) is 0 Å². The van der Waals surface area contributed by atoms with Crippen molar-refractivity contribution in [1.82, 2.24) is 10.6 Å². The van der Waals surface area contributed by atoms with Crippen LogP contribution in [0.2, 0.25) is 0 Å². The highest BCUT2D eigenvalue weighted by molar-refractivity contribution is 6.31. The van der Waals surface area contributed by atoms with Crippen molar-refractivity contribution in [2.75, 3.05) is 6.61 Å². The molecule has 0 aromatic heterocycles. The lowest BCUT2D eigenvalue weighted by Gasteiger charge is -2.53. The third kappa shape index (κ3) is 4.41. The Kier molecular flexibility index (Phi) is 7.31. The molecule has 1 aromatic carbocycles. The first kappa shape index (κ1) is 29.9. The number of nitrogens with two attached hydrogens (primary N) is 1. The number of primary amides is 1. The Labute approximate surface area is 251 Å². The molecule has 6 N–H and O–H groups in total. The highest BCUT2D eigenvalue weighted by Gasteiger charge is 2.71. The molecule has 6 rings (SSSR count). The molecule has 1 aromatic rings. The fourth-order valence-corrected chi connectivity index (χ4v) is 7.91. The number of fused-ring (bicyclic) bond motifs is 4. The number of phenols is 1. The summed E-state index contributed by atoms with van der Waals surface area (Å²) in [5.74, 6) is -14.0. The molecular formula is C30H33N3O11. The van der Waals surface area contributed by atoms with Crippen molar-refractivity contribution in [3.05, 3.63) is 29.3 Å². The number of carbonyl (C=O) groups excluding carboxylic acids is 7. The number of hydrogen-bond acceptors (Lipinski definition) is 11. The van der Waals surface area contributed by atoms with Crippen LogP contribution in [0.25, 0.3) is 0 Å². The zero-order valence-corrected chi connectivity index (χ0v) is 23.8. The SMILES string of the molecule is C[C@H]1c2cccc(O)c2C(=O)C2C(=O)[C@]3(O)C(=O)C(C(N)=O)C(=O)C[C@@H]3[C@@H](OC(=O)CCCCC3OCC4NC(=O)NC43)[C@@H]21. The highest BCUT2D eigenvalue weighted by Crippen LogP contribution is 2.54. The zero-order chi connectivity index (χ0) is 31.7. The summed E-state index contributed by atoms with van der Waals surface area (Å²) < 4.78 is 11.6. The van der Waals surface area contributed by atoms with E-state index >= 15 is 0 Å². The second-order valence-corrected chi connectivity index (χ2v) is 12.4. The van der Waals surface area contributed by atoms with Crippen molar-refractivity contribution >= 4 is 41.0 Å². The highest BCUT2D eigenvalue weighted by atomic mass is 16.5. The monoisotopic (exact) mass is 611 g/mol. The molecule has 3 amide bonds. The molecule has 4 fully saturated rings. The second-order valence-electron chi connectivity index (χ2n) is 12.4. The van der Waals surface area contributed by atoms with Gasteiger partial charge in [-0.15, -0.1) is 0 Å². The van der Waals surface area contributed by atoms with Gasteiger partial charge in [0, 0.05) is 24.7 Å². The average molecular weight is 612 g/mol. The van der Waals surface area contributed by atoms with E-state index in [1.165, 1.54) is 12.1 Å². The minimum absolute atomic E-state index is 0.0933.